The van der Waals surface area contributed by atoms with E-state index in [-0.39, 0.29) is 0 Å². The van der Waals surface area contributed by atoms with Crippen molar-refractivity contribution >= 4 is 12.1 Å². The summed E-state index contributed by atoms with van der Waals surface area (Å²) >= 11 is 0. The van der Waals surface area contributed by atoms with Gasteiger partial charge in [-0.2, -0.15) is 8.78 Å². The van der Waals surface area contributed by atoms with E-state index >= 15 is 0 Å². The molecule has 0 aliphatic rings. The number of esters is 1. The number of hydrogen-bond acceptors (Lipinski definition) is 4. The van der Waals surface area contributed by atoms with Crippen molar-refractivity contribution in [2.75, 3.05) is 6.61 Å². The Kier molecular flexibility index (Phi) is 5.92. The van der Waals surface area contributed by atoms with E-state index in [2.05, 4.69) is 16.6 Å². The molecule has 0 aromatic carbocycles. The molecule has 7 heteroatoms. The number of carbonyl (C=O) groups excluding carboxylic acids is 2. The maximum atomic E-state index is 12.8. The topological polar surface area (TPSA) is 64.6 Å². The second-order valence-electron chi connectivity index (χ2n) is 4.94. The summed E-state index contributed by atoms with van der Waals surface area (Å²) in [5.74, 6) is -4.27. The van der Waals surface area contributed by atoms with Crippen LogP contribution in [0.25, 0.3) is 0 Å². The van der Waals surface area contributed by atoms with Crippen molar-refractivity contribution in [1.82, 2.24) is 5.32 Å². The number of alkyl halides is 2. The maximum absolute atomic E-state index is 12.8. The van der Waals surface area contributed by atoms with Crippen LogP contribution in [-0.4, -0.2) is 36.2 Å². The first kappa shape index (κ1) is 17.3. The third kappa shape index (κ3) is 8.12. The molecular formula is C12H19F2NO4. The SMILES string of the molecule is C=CC(F)(F)COC(=O)[C@H](C)NC(=O)OC(C)(C)C. The molecule has 0 rings (SSSR count). The largest absolute Gasteiger partial charge is 0.457 e. The van der Waals surface area contributed by atoms with Gasteiger partial charge in [0.05, 0.1) is 0 Å². The fourth-order valence-corrected chi connectivity index (χ4v) is 0.895. The van der Waals surface area contributed by atoms with Gasteiger partial charge in [-0.3, -0.25) is 0 Å². The second kappa shape index (κ2) is 6.49. The van der Waals surface area contributed by atoms with Crippen molar-refractivity contribution in [3.05, 3.63) is 12.7 Å². The fraction of sp³-hybridized carbons (Fsp3) is 0.667. The number of carbonyl (C=O) groups is 2. The molecule has 19 heavy (non-hydrogen) atoms. The summed E-state index contributed by atoms with van der Waals surface area (Å²) in [4.78, 5) is 22.7. The van der Waals surface area contributed by atoms with E-state index in [0.717, 1.165) is 0 Å². The van der Waals surface area contributed by atoms with E-state index in [9.17, 15) is 18.4 Å². The summed E-state index contributed by atoms with van der Waals surface area (Å²) in [7, 11) is 0. The minimum absolute atomic E-state index is 0.381. The molecular weight excluding hydrogens is 260 g/mol. The number of halogens is 2. The highest BCUT2D eigenvalue weighted by atomic mass is 19.3. The van der Waals surface area contributed by atoms with Crippen molar-refractivity contribution in [2.24, 2.45) is 0 Å². The van der Waals surface area contributed by atoms with Crippen LogP contribution in [0.4, 0.5) is 13.6 Å². The van der Waals surface area contributed by atoms with Crippen LogP contribution in [0.3, 0.4) is 0 Å². The van der Waals surface area contributed by atoms with Crippen LogP contribution in [0.1, 0.15) is 27.7 Å². The number of alkyl carbamates (subject to hydrolysis) is 1. The summed E-state index contributed by atoms with van der Waals surface area (Å²) in [5, 5.41) is 2.18. The molecule has 0 aliphatic heterocycles. The highest BCUT2D eigenvalue weighted by molar-refractivity contribution is 5.81. The predicted octanol–water partition coefficient (Wildman–Crippen LogP) is 2.26. The molecule has 0 heterocycles. The molecule has 110 valence electrons. The van der Waals surface area contributed by atoms with E-state index in [4.69, 9.17) is 4.74 Å². The highest BCUT2D eigenvalue weighted by Crippen LogP contribution is 2.14. The van der Waals surface area contributed by atoms with Crippen LogP contribution in [0, 0.1) is 0 Å². The van der Waals surface area contributed by atoms with Gasteiger partial charge in [0, 0.05) is 0 Å². The van der Waals surface area contributed by atoms with E-state index in [0.29, 0.717) is 6.08 Å². The first-order valence-corrected chi connectivity index (χ1v) is 5.64. The minimum Gasteiger partial charge on any atom is -0.457 e. The molecule has 1 amide bonds. The zero-order valence-electron chi connectivity index (χ0n) is 11.5. The van der Waals surface area contributed by atoms with Gasteiger partial charge in [0.15, 0.2) is 6.61 Å². The standard InChI is InChI=1S/C12H19F2NO4/c1-6-12(13,14)7-18-9(16)8(2)15-10(17)19-11(3,4)5/h6,8H,1,7H2,2-5H3,(H,15,17)/t8-/m0/s1. The van der Waals surface area contributed by atoms with Crippen LogP contribution in [0.2, 0.25) is 0 Å². The molecule has 0 saturated heterocycles. The Balaban J connectivity index is 4.21. The van der Waals surface area contributed by atoms with Crippen LogP contribution in [0.5, 0.6) is 0 Å². The van der Waals surface area contributed by atoms with Gasteiger partial charge < -0.3 is 14.8 Å². The van der Waals surface area contributed by atoms with Gasteiger partial charge >= 0.3 is 12.1 Å². The molecule has 0 radical (unpaired) electrons. The molecule has 0 fully saturated rings. The van der Waals surface area contributed by atoms with Crippen LogP contribution in [-0.2, 0) is 14.3 Å². The van der Waals surface area contributed by atoms with Gasteiger partial charge in [-0.05, 0) is 33.8 Å². The molecule has 0 spiro atoms. The first-order valence-electron chi connectivity index (χ1n) is 5.64. The average molecular weight is 279 g/mol. The molecule has 0 unspecified atom stereocenters. The molecule has 1 atom stereocenters. The Hall–Kier alpha value is -1.66. The second-order valence-corrected chi connectivity index (χ2v) is 4.94. The highest BCUT2D eigenvalue weighted by Gasteiger charge is 2.28. The Bertz CT molecular complexity index is 350. The number of hydrogen-bond donors (Lipinski definition) is 1. The molecule has 5 nitrogen and oxygen atoms in total. The molecule has 0 aromatic heterocycles. The smallest absolute Gasteiger partial charge is 0.408 e. The van der Waals surface area contributed by atoms with Crippen LogP contribution in [0.15, 0.2) is 12.7 Å². The Morgan fingerprint density at radius 2 is 1.89 bits per heavy atom. The van der Waals surface area contributed by atoms with Crippen molar-refractivity contribution in [3.8, 4) is 0 Å². The van der Waals surface area contributed by atoms with Crippen molar-refractivity contribution in [3.63, 3.8) is 0 Å². The minimum atomic E-state index is -3.29. The Labute approximate surface area is 110 Å². The van der Waals surface area contributed by atoms with Crippen molar-refractivity contribution in [1.29, 1.82) is 0 Å². The zero-order valence-corrected chi connectivity index (χ0v) is 11.5. The first-order chi connectivity index (χ1) is 8.47. The van der Waals surface area contributed by atoms with E-state index < -0.39 is 36.2 Å². The van der Waals surface area contributed by atoms with E-state index in [1.54, 1.807) is 20.8 Å². The number of rotatable bonds is 5. The molecule has 0 aliphatic carbocycles. The summed E-state index contributed by atoms with van der Waals surface area (Å²) in [6.07, 6.45) is -0.445. The molecule has 0 aromatic rings. The lowest BCUT2D eigenvalue weighted by Gasteiger charge is -2.21. The van der Waals surface area contributed by atoms with Crippen molar-refractivity contribution < 1.29 is 27.8 Å². The lowest BCUT2D eigenvalue weighted by atomic mass is 10.2. The van der Waals surface area contributed by atoms with Gasteiger partial charge in [-0.25, -0.2) is 9.59 Å². The summed E-state index contributed by atoms with van der Waals surface area (Å²) < 4.78 is 34.8. The quantitative estimate of drug-likeness (QED) is 0.619. The van der Waals surface area contributed by atoms with E-state index in [1.807, 2.05) is 0 Å². The van der Waals surface area contributed by atoms with Gasteiger partial charge in [-0.1, -0.05) is 6.58 Å². The molecule has 0 saturated carbocycles. The predicted molar refractivity (Wildman–Crippen MR) is 64.9 cm³/mol. The fourth-order valence-electron chi connectivity index (χ4n) is 0.895. The monoisotopic (exact) mass is 279 g/mol. The average Bonchev–Trinajstić information content (AvgIpc) is 2.23. The van der Waals surface area contributed by atoms with Gasteiger partial charge in [0.2, 0.25) is 0 Å². The van der Waals surface area contributed by atoms with Gasteiger partial charge in [0.25, 0.3) is 5.92 Å². The lowest BCUT2D eigenvalue weighted by molar-refractivity contribution is -0.153. The Morgan fingerprint density at radius 1 is 1.37 bits per heavy atom. The number of amides is 1. The van der Waals surface area contributed by atoms with Gasteiger partial charge in [0.1, 0.15) is 11.6 Å². The van der Waals surface area contributed by atoms with E-state index in [1.165, 1.54) is 6.92 Å². The Morgan fingerprint density at radius 3 is 2.32 bits per heavy atom. The number of ether oxygens (including phenoxy) is 2. The van der Waals surface area contributed by atoms with Crippen molar-refractivity contribution in [2.45, 2.75) is 45.3 Å². The molecule has 0 bridgehead atoms. The third-order valence-corrected chi connectivity index (χ3v) is 1.79. The normalized spacial score (nSPS) is 13.4. The number of nitrogens with one attached hydrogen (secondary N) is 1. The van der Waals surface area contributed by atoms with Crippen LogP contribution < -0.4 is 5.32 Å². The lowest BCUT2D eigenvalue weighted by Crippen LogP contribution is -2.43. The summed E-state index contributed by atoms with van der Waals surface area (Å²) in [6.45, 7) is 8.06. The zero-order chi connectivity index (χ0) is 15.3. The summed E-state index contributed by atoms with van der Waals surface area (Å²) in [6, 6.07) is -1.09. The van der Waals surface area contributed by atoms with Gasteiger partial charge in [-0.15, -0.1) is 0 Å². The third-order valence-electron chi connectivity index (χ3n) is 1.79. The molecule has 1 N–H and O–H groups in total. The maximum Gasteiger partial charge on any atom is 0.408 e. The summed E-state index contributed by atoms with van der Waals surface area (Å²) in [5.41, 5.74) is -0.719. The van der Waals surface area contributed by atoms with Crippen LogP contribution >= 0.6 is 0 Å².